The molecule has 0 aliphatic carbocycles. The summed E-state index contributed by atoms with van der Waals surface area (Å²) in [7, 11) is 1.38. The molecule has 1 N–H and O–H groups in total. The minimum absolute atomic E-state index is 0.152. The van der Waals surface area contributed by atoms with Crippen LogP contribution in [0.4, 0.5) is 0 Å². The SMILES string of the molecule is COC(=O)c1cccc2[nH]c(CC(C)(C)C)nc12. The third-order valence-electron chi connectivity index (χ3n) is 2.66. The van der Waals surface area contributed by atoms with Gasteiger partial charge >= 0.3 is 5.97 Å². The quantitative estimate of drug-likeness (QED) is 0.829. The van der Waals surface area contributed by atoms with Crippen LogP contribution in [0.1, 0.15) is 37.0 Å². The van der Waals surface area contributed by atoms with Gasteiger partial charge in [-0.3, -0.25) is 0 Å². The van der Waals surface area contributed by atoms with Crippen LogP contribution in [-0.2, 0) is 11.2 Å². The summed E-state index contributed by atoms with van der Waals surface area (Å²) in [6, 6.07) is 5.48. The van der Waals surface area contributed by atoms with Crippen molar-refractivity contribution < 1.29 is 9.53 Å². The highest BCUT2D eigenvalue weighted by Crippen LogP contribution is 2.22. The summed E-state index contributed by atoms with van der Waals surface area (Å²) in [6.45, 7) is 6.46. The molecule has 1 aromatic carbocycles. The van der Waals surface area contributed by atoms with Crippen molar-refractivity contribution in [3.8, 4) is 0 Å². The molecule has 1 heterocycles. The van der Waals surface area contributed by atoms with Gasteiger partial charge in [-0.2, -0.15) is 0 Å². The highest BCUT2D eigenvalue weighted by molar-refractivity contribution is 6.01. The van der Waals surface area contributed by atoms with Crippen molar-refractivity contribution in [3.63, 3.8) is 0 Å². The maximum absolute atomic E-state index is 11.6. The summed E-state index contributed by atoms with van der Waals surface area (Å²) in [5.74, 6) is 0.545. The number of nitrogens with zero attached hydrogens (tertiary/aromatic N) is 1. The molecule has 0 aliphatic rings. The lowest BCUT2D eigenvalue weighted by atomic mass is 9.92. The van der Waals surface area contributed by atoms with Gasteiger partial charge in [-0.25, -0.2) is 9.78 Å². The van der Waals surface area contributed by atoms with Crippen molar-refractivity contribution in [1.29, 1.82) is 0 Å². The Morgan fingerprint density at radius 3 is 2.72 bits per heavy atom. The molecule has 0 fully saturated rings. The van der Waals surface area contributed by atoms with Crippen LogP contribution in [-0.4, -0.2) is 23.0 Å². The van der Waals surface area contributed by atoms with E-state index in [0.29, 0.717) is 11.1 Å². The van der Waals surface area contributed by atoms with Gasteiger partial charge in [-0.05, 0) is 17.5 Å². The monoisotopic (exact) mass is 246 g/mol. The molecule has 0 atom stereocenters. The molecule has 0 spiro atoms. The summed E-state index contributed by atoms with van der Waals surface area (Å²) >= 11 is 0. The van der Waals surface area contributed by atoms with E-state index in [0.717, 1.165) is 17.8 Å². The van der Waals surface area contributed by atoms with Gasteiger partial charge in [-0.15, -0.1) is 0 Å². The van der Waals surface area contributed by atoms with Crippen LogP contribution in [0.3, 0.4) is 0 Å². The van der Waals surface area contributed by atoms with Crippen molar-refractivity contribution in [2.45, 2.75) is 27.2 Å². The van der Waals surface area contributed by atoms with Gasteiger partial charge in [0.2, 0.25) is 0 Å². The number of hydrogen-bond acceptors (Lipinski definition) is 3. The number of hydrogen-bond donors (Lipinski definition) is 1. The summed E-state index contributed by atoms with van der Waals surface area (Å²) < 4.78 is 4.76. The normalized spacial score (nSPS) is 11.8. The van der Waals surface area contributed by atoms with Crippen LogP contribution in [0.5, 0.6) is 0 Å². The number of methoxy groups -OCH3 is 1. The van der Waals surface area contributed by atoms with E-state index in [4.69, 9.17) is 4.74 Å². The zero-order valence-corrected chi connectivity index (χ0v) is 11.2. The number of carbonyl (C=O) groups is 1. The van der Waals surface area contributed by atoms with E-state index in [9.17, 15) is 4.79 Å². The Balaban J connectivity index is 2.48. The summed E-state index contributed by atoms with van der Waals surface area (Å²) in [5, 5.41) is 0. The summed E-state index contributed by atoms with van der Waals surface area (Å²) in [5.41, 5.74) is 2.21. The van der Waals surface area contributed by atoms with E-state index >= 15 is 0 Å². The van der Waals surface area contributed by atoms with Gasteiger partial charge in [0.15, 0.2) is 0 Å². The largest absolute Gasteiger partial charge is 0.465 e. The van der Waals surface area contributed by atoms with Crippen molar-refractivity contribution in [3.05, 3.63) is 29.6 Å². The first-order chi connectivity index (χ1) is 8.40. The van der Waals surface area contributed by atoms with Gasteiger partial charge in [0, 0.05) is 6.42 Å². The number of aromatic amines is 1. The number of carbonyl (C=O) groups excluding carboxylic acids is 1. The Labute approximate surface area is 106 Å². The van der Waals surface area contributed by atoms with Gasteiger partial charge in [0.25, 0.3) is 0 Å². The average molecular weight is 246 g/mol. The number of fused-ring (bicyclic) bond motifs is 1. The Bertz CT molecular complexity index is 579. The number of esters is 1. The molecule has 0 saturated carbocycles. The predicted octanol–water partition coefficient (Wildman–Crippen LogP) is 2.94. The lowest BCUT2D eigenvalue weighted by Crippen LogP contribution is -2.10. The molecule has 0 saturated heterocycles. The minimum atomic E-state index is -0.352. The van der Waals surface area contributed by atoms with Crippen LogP contribution >= 0.6 is 0 Å². The zero-order valence-electron chi connectivity index (χ0n) is 11.2. The van der Waals surface area contributed by atoms with Crippen LogP contribution in [0, 0.1) is 5.41 Å². The van der Waals surface area contributed by atoms with Crippen LogP contribution in [0.25, 0.3) is 11.0 Å². The van der Waals surface area contributed by atoms with Gasteiger partial charge in [0.1, 0.15) is 11.3 Å². The Morgan fingerprint density at radius 1 is 1.39 bits per heavy atom. The Hall–Kier alpha value is -1.84. The van der Waals surface area contributed by atoms with Crippen molar-refractivity contribution in [2.24, 2.45) is 5.41 Å². The van der Waals surface area contributed by atoms with Crippen LogP contribution < -0.4 is 0 Å². The third kappa shape index (κ3) is 2.53. The Kier molecular flexibility index (Phi) is 3.11. The van der Waals surface area contributed by atoms with E-state index < -0.39 is 0 Å². The van der Waals surface area contributed by atoms with Crippen molar-refractivity contribution >= 4 is 17.0 Å². The molecule has 4 heteroatoms. The zero-order chi connectivity index (χ0) is 13.3. The average Bonchev–Trinajstić information content (AvgIpc) is 2.66. The molecule has 0 amide bonds. The lowest BCUT2D eigenvalue weighted by Gasteiger charge is -2.15. The molecular weight excluding hydrogens is 228 g/mol. The maximum Gasteiger partial charge on any atom is 0.340 e. The second-order valence-electron chi connectivity index (χ2n) is 5.61. The molecule has 1 aromatic heterocycles. The lowest BCUT2D eigenvalue weighted by molar-refractivity contribution is 0.0603. The molecule has 0 aliphatic heterocycles. The number of benzene rings is 1. The van der Waals surface area contributed by atoms with Crippen molar-refractivity contribution in [2.75, 3.05) is 7.11 Å². The second kappa shape index (κ2) is 4.44. The van der Waals surface area contributed by atoms with Gasteiger partial charge in [0.05, 0.1) is 18.2 Å². The number of imidazole rings is 1. The molecule has 18 heavy (non-hydrogen) atoms. The van der Waals surface area contributed by atoms with Gasteiger partial charge in [-0.1, -0.05) is 26.8 Å². The molecule has 0 unspecified atom stereocenters. The van der Waals surface area contributed by atoms with E-state index in [1.54, 1.807) is 6.07 Å². The molecule has 2 rings (SSSR count). The number of ether oxygens (including phenoxy) is 1. The topological polar surface area (TPSA) is 55.0 Å². The van der Waals surface area contributed by atoms with Crippen LogP contribution in [0.15, 0.2) is 18.2 Å². The van der Waals surface area contributed by atoms with E-state index in [-0.39, 0.29) is 11.4 Å². The third-order valence-corrected chi connectivity index (χ3v) is 2.66. The standard InChI is InChI=1S/C14H18N2O2/c1-14(2,3)8-11-15-10-7-5-6-9(12(10)16-11)13(17)18-4/h5-7H,8H2,1-4H3,(H,15,16). The first-order valence-electron chi connectivity index (χ1n) is 5.96. The fourth-order valence-corrected chi connectivity index (χ4v) is 1.94. The maximum atomic E-state index is 11.6. The van der Waals surface area contributed by atoms with Crippen LogP contribution in [0.2, 0.25) is 0 Å². The minimum Gasteiger partial charge on any atom is -0.465 e. The van der Waals surface area contributed by atoms with Crippen molar-refractivity contribution in [1.82, 2.24) is 9.97 Å². The van der Waals surface area contributed by atoms with E-state index in [1.807, 2.05) is 12.1 Å². The summed E-state index contributed by atoms with van der Waals surface area (Å²) in [6.07, 6.45) is 0.836. The number of para-hydroxylation sites is 1. The number of nitrogens with one attached hydrogen (secondary N) is 1. The molecule has 2 aromatic rings. The smallest absolute Gasteiger partial charge is 0.340 e. The second-order valence-corrected chi connectivity index (χ2v) is 5.61. The Morgan fingerprint density at radius 2 is 2.11 bits per heavy atom. The summed E-state index contributed by atoms with van der Waals surface area (Å²) in [4.78, 5) is 19.4. The number of aromatic nitrogens is 2. The molecule has 0 radical (unpaired) electrons. The number of H-pyrrole nitrogens is 1. The number of rotatable bonds is 2. The first kappa shape index (κ1) is 12.6. The molecular formula is C14H18N2O2. The fourth-order valence-electron chi connectivity index (χ4n) is 1.94. The molecule has 0 bridgehead atoms. The molecule has 96 valence electrons. The van der Waals surface area contributed by atoms with E-state index in [2.05, 4.69) is 30.7 Å². The predicted molar refractivity (Wildman–Crippen MR) is 70.6 cm³/mol. The molecule has 4 nitrogen and oxygen atoms in total. The highest BCUT2D eigenvalue weighted by Gasteiger charge is 2.17. The van der Waals surface area contributed by atoms with Gasteiger partial charge < -0.3 is 9.72 Å². The highest BCUT2D eigenvalue weighted by atomic mass is 16.5. The fraction of sp³-hybridized carbons (Fsp3) is 0.429. The van der Waals surface area contributed by atoms with E-state index in [1.165, 1.54) is 7.11 Å². The first-order valence-corrected chi connectivity index (χ1v) is 5.96.